The largest absolute Gasteiger partial charge is 0.502 e. The van der Waals surface area contributed by atoms with E-state index in [0.717, 1.165) is 36.1 Å². The highest BCUT2D eigenvalue weighted by Crippen LogP contribution is 2.36. The Bertz CT molecular complexity index is 1080. The van der Waals surface area contributed by atoms with Crippen molar-refractivity contribution in [2.75, 3.05) is 14.2 Å². The van der Waals surface area contributed by atoms with Gasteiger partial charge < -0.3 is 14.6 Å². The molecule has 0 saturated heterocycles. The molecule has 1 aliphatic carbocycles. The second-order valence-corrected chi connectivity index (χ2v) is 7.39. The molecular formula is C19H19N3O4S. The number of ether oxygens (including phenoxy) is 2. The Morgan fingerprint density at radius 3 is 2.63 bits per heavy atom. The Hall–Kier alpha value is -2.87. The van der Waals surface area contributed by atoms with Gasteiger partial charge in [-0.1, -0.05) is 0 Å². The van der Waals surface area contributed by atoms with E-state index in [1.54, 1.807) is 23.5 Å². The van der Waals surface area contributed by atoms with Gasteiger partial charge in [-0.15, -0.1) is 11.3 Å². The first-order valence-electron chi connectivity index (χ1n) is 8.63. The molecule has 0 aliphatic heterocycles. The van der Waals surface area contributed by atoms with Gasteiger partial charge in [-0.3, -0.25) is 4.79 Å². The Kier molecular flexibility index (Phi) is 4.57. The topological polar surface area (TPSA) is 85.9 Å². The lowest BCUT2D eigenvalue weighted by Crippen LogP contribution is -2.18. The Morgan fingerprint density at radius 1 is 1.22 bits per heavy atom. The molecule has 1 N–H and O–H groups in total. The maximum atomic E-state index is 12.9. The van der Waals surface area contributed by atoms with Crippen molar-refractivity contribution in [2.24, 2.45) is 5.10 Å². The van der Waals surface area contributed by atoms with E-state index in [2.05, 4.69) is 10.1 Å². The number of nitrogens with zero attached hydrogens (tertiary/aromatic N) is 3. The van der Waals surface area contributed by atoms with Crippen LogP contribution in [0.2, 0.25) is 0 Å². The summed E-state index contributed by atoms with van der Waals surface area (Å²) in [5, 5.41) is 14.9. The van der Waals surface area contributed by atoms with Gasteiger partial charge in [0, 0.05) is 10.4 Å². The summed E-state index contributed by atoms with van der Waals surface area (Å²) in [5.74, 6) is 0.453. The standard InChI is InChI=1S/C19H19N3O4S/c1-25-13-7-11(8-14(26-2)17(13)23)9-21-22-10-20-18-16(19(22)24)12-5-3-4-6-15(12)27-18/h7-10,23H,3-6H2,1-2H3. The third-order valence-electron chi connectivity index (χ3n) is 4.69. The Morgan fingerprint density at radius 2 is 1.93 bits per heavy atom. The van der Waals surface area contributed by atoms with Crippen LogP contribution in [-0.2, 0) is 12.8 Å². The number of aryl methyl sites for hydroxylation is 2. The lowest BCUT2D eigenvalue weighted by molar-refractivity contribution is 0.340. The third-order valence-corrected chi connectivity index (χ3v) is 5.89. The molecule has 7 nitrogen and oxygen atoms in total. The molecule has 0 fully saturated rings. The van der Waals surface area contributed by atoms with Gasteiger partial charge in [0.2, 0.25) is 5.75 Å². The number of methoxy groups -OCH3 is 2. The van der Waals surface area contributed by atoms with Crippen molar-refractivity contribution in [2.45, 2.75) is 25.7 Å². The number of aromatic nitrogens is 2. The third kappa shape index (κ3) is 3.06. The van der Waals surface area contributed by atoms with Gasteiger partial charge in [-0.25, -0.2) is 4.98 Å². The van der Waals surface area contributed by atoms with E-state index >= 15 is 0 Å². The monoisotopic (exact) mass is 385 g/mol. The Balaban J connectivity index is 1.76. The normalized spacial score (nSPS) is 13.9. The summed E-state index contributed by atoms with van der Waals surface area (Å²) in [5.41, 5.74) is 1.60. The summed E-state index contributed by atoms with van der Waals surface area (Å²) in [6.07, 6.45) is 7.16. The zero-order valence-corrected chi connectivity index (χ0v) is 15.9. The van der Waals surface area contributed by atoms with E-state index in [4.69, 9.17) is 9.47 Å². The average molecular weight is 385 g/mol. The maximum Gasteiger partial charge on any atom is 0.282 e. The molecule has 4 rings (SSSR count). The predicted octanol–water partition coefficient (Wildman–Crippen LogP) is 2.94. The van der Waals surface area contributed by atoms with Crippen LogP contribution < -0.4 is 15.0 Å². The van der Waals surface area contributed by atoms with Crippen LogP contribution in [0.3, 0.4) is 0 Å². The smallest absolute Gasteiger partial charge is 0.282 e. The molecule has 2 aromatic heterocycles. The number of aromatic hydroxyl groups is 1. The van der Waals surface area contributed by atoms with Crippen molar-refractivity contribution in [3.8, 4) is 17.2 Å². The molecule has 1 aromatic carbocycles. The predicted molar refractivity (Wildman–Crippen MR) is 105 cm³/mol. The zero-order valence-electron chi connectivity index (χ0n) is 15.1. The number of thiophene rings is 1. The molecule has 0 unspecified atom stereocenters. The number of fused-ring (bicyclic) bond motifs is 3. The highest BCUT2D eigenvalue weighted by atomic mass is 32.1. The van der Waals surface area contributed by atoms with Crippen LogP contribution in [0.25, 0.3) is 10.2 Å². The van der Waals surface area contributed by atoms with Gasteiger partial charge in [-0.05, 0) is 43.4 Å². The van der Waals surface area contributed by atoms with Crippen molar-refractivity contribution >= 4 is 27.8 Å². The van der Waals surface area contributed by atoms with Crippen LogP contribution in [0.5, 0.6) is 17.2 Å². The van der Waals surface area contributed by atoms with Gasteiger partial charge >= 0.3 is 0 Å². The van der Waals surface area contributed by atoms with Crippen molar-refractivity contribution in [3.05, 3.63) is 44.8 Å². The fraction of sp³-hybridized carbons (Fsp3) is 0.316. The molecule has 8 heteroatoms. The summed E-state index contributed by atoms with van der Waals surface area (Å²) in [6, 6.07) is 3.23. The summed E-state index contributed by atoms with van der Waals surface area (Å²) < 4.78 is 11.5. The zero-order chi connectivity index (χ0) is 19.0. The van der Waals surface area contributed by atoms with Crippen molar-refractivity contribution in [3.63, 3.8) is 0 Å². The first kappa shape index (κ1) is 17.5. The molecular weight excluding hydrogens is 366 g/mol. The quantitative estimate of drug-likeness (QED) is 0.698. The van der Waals surface area contributed by atoms with Gasteiger partial charge in [0.1, 0.15) is 11.2 Å². The molecule has 0 bridgehead atoms. The summed E-state index contributed by atoms with van der Waals surface area (Å²) >= 11 is 1.61. The molecule has 2 heterocycles. The van der Waals surface area contributed by atoms with Crippen molar-refractivity contribution in [1.29, 1.82) is 0 Å². The van der Waals surface area contributed by atoms with Crippen LogP contribution in [-0.4, -0.2) is 35.2 Å². The SMILES string of the molecule is COc1cc(C=Nn2cnc3sc4c(c3c2=O)CCCC4)cc(OC)c1O. The van der Waals surface area contributed by atoms with Crippen LogP contribution in [0.4, 0.5) is 0 Å². The number of phenolic OH excluding ortho intramolecular Hbond substituents is 1. The second kappa shape index (κ2) is 7.03. The van der Waals surface area contributed by atoms with Gasteiger partial charge in [-0.2, -0.15) is 9.78 Å². The first-order valence-corrected chi connectivity index (χ1v) is 9.45. The minimum absolute atomic E-state index is 0.0812. The van der Waals surface area contributed by atoms with E-state index in [1.807, 2.05) is 0 Å². The minimum atomic E-state index is -0.159. The number of phenols is 1. The van der Waals surface area contributed by atoms with Gasteiger partial charge in [0.15, 0.2) is 11.5 Å². The fourth-order valence-electron chi connectivity index (χ4n) is 3.34. The summed E-state index contributed by atoms with van der Waals surface area (Å²) in [7, 11) is 2.91. The highest BCUT2D eigenvalue weighted by molar-refractivity contribution is 7.18. The molecule has 1 aliphatic rings. The number of benzene rings is 1. The number of rotatable bonds is 4. The number of hydrogen-bond donors (Lipinski definition) is 1. The Labute approximate surface area is 159 Å². The van der Waals surface area contributed by atoms with Gasteiger partial charge in [0.25, 0.3) is 5.56 Å². The van der Waals surface area contributed by atoms with Crippen molar-refractivity contribution in [1.82, 2.24) is 9.66 Å². The summed E-state index contributed by atoms with van der Waals surface area (Å²) in [4.78, 5) is 19.4. The van der Waals surface area contributed by atoms with E-state index in [-0.39, 0.29) is 22.8 Å². The lowest BCUT2D eigenvalue weighted by Gasteiger charge is -2.10. The van der Waals surface area contributed by atoms with Crippen LogP contribution in [0, 0.1) is 0 Å². The van der Waals surface area contributed by atoms with E-state index < -0.39 is 0 Å². The maximum absolute atomic E-state index is 12.9. The van der Waals surface area contributed by atoms with E-state index in [0.29, 0.717) is 10.9 Å². The van der Waals surface area contributed by atoms with Crippen molar-refractivity contribution < 1.29 is 14.6 Å². The second-order valence-electron chi connectivity index (χ2n) is 6.30. The lowest BCUT2D eigenvalue weighted by atomic mass is 9.97. The molecule has 140 valence electrons. The van der Waals surface area contributed by atoms with Crippen LogP contribution in [0.1, 0.15) is 28.8 Å². The molecule has 3 aromatic rings. The number of hydrogen-bond acceptors (Lipinski definition) is 7. The van der Waals surface area contributed by atoms with Crippen LogP contribution in [0.15, 0.2) is 28.4 Å². The highest BCUT2D eigenvalue weighted by Gasteiger charge is 2.19. The molecule has 27 heavy (non-hydrogen) atoms. The molecule has 0 spiro atoms. The van der Waals surface area contributed by atoms with Gasteiger partial charge in [0.05, 0.1) is 25.8 Å². The molecule has 0 atom stereocenters. The van der Waals surface area contributed by atoms with E-state index in [1.165, 1.54) is 36.3 Å². The molecule has 0 amide bonds. The van der Waals surface area contributed by atoms with Crippen LogP contribution >= 0.6 is 11.3 Å². The first-order chi connectivity index (χ1) is 13.1. The molecule has 0 radical (unpaired) electrons. The minimum Gasteiger partial charge on any atom is -0.502 e. The summed E-state index contributed by atoms with van der Waals surface area (Å²) in [6.45, 7) is 0. The van der Waals surface area contributed by atoms with E-state index in [9.17, 15) is 9.90 Å². The fourth-order valence-corrected chi connectivity index (χ4v) is 4.56. The average Bonchev–Trinajstić information content (AvgIpc) is 3.07. The molecule has 0 saturated carbocycles.